The number of benzene rings is 1. The van der Waals surface area contributed by atoms with Crippen molar-refractivity contribution in [2.45, 2.75) is 26.4 Å². The summed E-state index contributed by atoms with van der Waals surface area (Å²) in [4.78, 5) is 7.49. The van der Waals surface area contributed by atoms with E-state index in [0.29, 0.717) is 22.6 Å². The second-order valence-corrected chi connectivity index (χ2v) is 8.02. The molecule has 21 heavy (non-hydrogen) atoms. The van der Waals surface area contributed by atoms with Gasteiger partial charge in [0, 0.05) is 17.1 Å². The molecule has 0 aliphatic carbocycles. The largest absolute Gasteiger partial charge is 0.374 e. The summed E-state index contributed by atoms with van der Waals surface area (Å²) in [5.41, 5.74) is 1.77. The molecule has 0 fully saturated rings. The van der Waals surface area contributed by atoms with Crippen molar-refractivity contribution in [2.75, 3.05) is 18.1 Å². The van der Waals surface area contributed by atoms with E-state index in [2.05, 4.69) is 30.6 Å². The Morgan fingerprint density at radius 1 is 1.43 bits per heavy atom. The number of hydrogen-bond donors (Lipinski definition) is 2. The Hall–Kier alpha value is -1.12. The molecule has 0 saturated carbocycles. The van der Waals surface area contributed by atoms with Gasteiger partial charge in [-0.15, -0.1) is 0 Å². The Balaban J connectivity index is 2.88. The number of fused-ring (bicyclic) bond motifs is 1. The summed E-state index contributed by atoms with van der Waals surface area (Å²) >= 11 is 3.50. The third-order valence-electron chi connectivity index (χ3n) is 3.25. The Morgan fingerprint density at radius 3 is 2.57 bits per heavy atom. The Bertz CT molecular complexity index is 797. The number of sulfonamides is 1. The number of aryl methyl sites for hydroxylation is 1. The van der Waals surface area contributed by atoms with Gasteiger partial charge in [0.25, 0.3) is 0 Å². The highest BCUT2D eigenvalue weighted by atomic mass is 79.9. The minimum Gasteiger partial charge on any atom is -0.374 e. The van der Waals surface area contributed by atoms with E-state index in [1.54, 1.807) is 7.11 Å². The average Bonchev–Trinajstić information content (AvgIpc) is 2.67. The van der Waals surface area contributed by atoms with Crippen LogP contribution in [-0.2, 0) is 20.4 Å². The number of H-pyrrole nitrogens is 1. The first-order valence-corrected chi connectivity index (χ1v) is 8.96. The molecule has 0 atom stereocenters. The molecule has 0 bridgehead atoms. The maximum atomic E-state index is 11.7. The van der Waals surface area contributed by atoms with E-state index < -0.39 is 15.6 Å². The quantitative estimate of drug-likeness (QED) is 0.860. The number of imidazole rings is 1. The predicted molar refractivity (Wildman–Crippen MR) is 87.0 cm³/mol. The Kier molecular flexibility index (Phi) is 4.07. The van der Waals surface area contributed by atoms with E-state index in [1.807, 2.05) is 26.8 Å². The van der Waals surface area contributed by atoms with Crippen molar-refractivity contribution in [3.8, 4) is 0 Å². The number of hydrogen-bond acceptors (Lipinski definition) is 4. The molecular weight excluding hydrogens is 358 g/mol. The van der Waals surface area contributed by atoms with Gasteiger partial charge in [-0.25, -0.2) is 13.4 Å². The van der Waals surface area contributed by atoms with Crippen LogP contribution in [0.3, 0.4) is 0 Å². The standard InChI is InChI=1S/C13H18BrN3O3S/c1-7-15-9-6-8(14)10(13(2,3)20-4)12(11(9)16-7)17-21(5,18)19/h6,17H,1-5H3,(H,15,16). The van der Waals surface area contributed by atoms with Crippen molar-refractivity contribution < 1.29 is 13.2 Å². The van der Waals surface area contributed by atoms with E-state index >= 15 is 0 Å². The fraction of sp³-hybridized carbons (Fsp3) is 0.462. The summed E-state index contributed by atoms with van der Waals surface area (Å²) in [7, 11) is -1.87. The molecule has 0 radical (unpaired) electrons. The first-order valence-electron chi connectivity index (χ1n) is 6.27. The molecule has 8 heteroatoms. The van der Waals surface area contributed by atoms with Gasteiger partial charge in [-0.1, -0.05) is 15.9 Å². The number of anilines is 1. The van der Waals surface area contributed by atoms with Gasteiger partial charge < -0.3 is 9.72 Å². The second kappa shape index (κ2) is 5.26. The number of nitrogens with zero attached hydrogens (tertiary/aromatic N) is 1. The molecule has 1 aromatic heterocycles. The monoisotopic (exact) mass is 375 g/mol. The van der Waals surface area contributed by atoms with Gasteiger partial charge in [0.2, 0.25) is 10.0 Å². The van der Waals surface area contributed by atoms with E-state index in [0.717, 1.165) is 16.2 Å². The highest BCUT2D eigenvalue weighted by Crippen LogP contribution is 2.41. The van der Waals surface area contributed by atoms with Crippen LogP contribution in [0.4, 0.5) is 5.69 Å². The maximum absolute atomic E-state index is 11.7. The highest BCUT2D eigenvalue weighted by Gasteiger charge is 2.29. The lowest BCUT2D eigenvalue weighted by molar-refractivity contribution is 0.0193. The van der Waals surface area contributed by atoms with Crippen LogP contribution in [0.15, 0.2) is 10.5 Å². The summed E-state index contributed by atoms with van der Waals surface area (Å²) in [5, 5.41) is 0. The smallest absolute Gasteiger partial charge is 0.229 e. The fourth-order valence-electron chi connectivity index (χ4n) is 2.22. The summed E-state index contributed by atoms with van der Waals surface area (Å²) in [6.07, 6.45) is 1.11. The molecule has 2 rings (SSSR count). The van der Waals surface area contributed by atoms with Crippen LogP contribution in [0.5, 0.6) is 0 Å². The fourth-order valence-corrected chi connectivity index (χ4v) is 3.69. The van der Waals surface area contributed by atoms with Gasteiger partial charge in [-0.05, 0) is 26.8 Å². The van der Waals surface area contributed by atoms with Crippen molar-refractivity contribution in [1.29, 1.82) is 0 Å². The van der Waals surface area contributed by atoms with Crippen LogP contribution in [0, 0.1) is 6.92 Å². The first kappa shape index (κ1) is 16.3. The van der Waals surface area contributed by atoms with Crippen molar-refractivity contribution in [3.63, 3.8) is 0 Å². The molecule has 0 amide bonds. The van der Waals surface area contributed by atoms with Crippen molar-refractivity contribution in [1.82, 2.24) is 9.97 Å². The van der Waals surface area contributed by atoms with E-state index in [9.17, 15) is 8.42 Å². The molecule has 116 valence electrons. The zero-order valence-corrected chi connectivity index (χ0v) is 14.9. The molecular formula is C13H18BrN3O3S. The van der Waals surface area contributed by atoms with E-state index in [4.69, 9.17) is 4.74 Å². The zero-order valence-electron chi connectivity index (χ0n) is 12.5. The third-order valence-corrected chi connectivity index (χ3v) is 4.45. The molecule has 0 aliphatic rings. The van der Waals surface area contributed by atoms with Crippen LogP contribution in [0.25, 0.3) is 11.0 Å². The second-order valence-electron chi connectivity index (χ2n) is 5.42. The van der Waals surface area contributed by atoms with Gasteiger partial charge in [-0.3, -0.25) is 4.72 Å². The van der Waals surface area contributed by atoms with Crippen molar-refractivity contribution in [2.24, 2.45) is 0 Å². The SMILES string of the molecule is COC(C)(C)c1c(Br)cc2[nH]c(C)nc2c1NS(C)(=O)=O. The average molecular weight is 376 g/mol. The number of halogens is 1. The normalized spacial score (nSPS) is 12.9. The molecule has 2 aromatic rings. The van der Waals surface area contributed by atoms with Crippen LogP contribution in [0.2, 0.25) is 0 Å². The third kappa shape index (κ3) is 3.22. The van der Waals surface area contributed by atoms with Crippen LogP contribution in [-0.4, -0.2) is 31.8 Å². The molecule has 0 saturated heterocycles. The van der Waals surface area contributed by atoms with E-state index in [-0.39, 0.29) is 0 Å². The Labute approximate surface area is 132 Å². The van der Waals surface area contributed by atoms with Crippen LogP contribution in [0.1, 0.15) is 25.2 Å². The molecule has 6 nitrogen and oxygen atoms in total. The summed E-state index contributed by atoms with van der Waals surface area (Å²) in [5.74, 6) is 0.709. The number of aromatic amines is 1. The molecule has 0 spiro atoms. The number of ether oxygens (including phenoxy) is 1. The predicted octanol–water partition coefficient (Wildman–Crippen LogP) is 2.89. The minimum atomic E-state index is -3.45. The highest BCUT2D eigenvalue weighted by molar-refractivity contribution is 9.10. The van der Waals surface area contributed by atoms with Gasteiger partial charge in [0.1, 0.15) is 11.3 Å². The van der Waals surface area contributed by atoms with E-state index in [1.165, 1.54) is 0 Å². The van der Waals surface area contributed by atoms with Crippen molar-refractivity contribution in [3.05, 3.63) is 21.9 Å². The van der Waals surface area contributed by atoms with Crippen LogP contribution < -0.4 is 4.72 Å². The summed E-state index contributed by atoms with van der Waals surface area (Å²) < 4.78 is 32.3. The summed E-state index contributed by atoms with van der Waals surface area (Å²) in [6.45, 7) is 5.55. The molecule has 0 unspecified atom stereocenters. The topological polar surface area (TPSA) is 84.1 Å². The van der Waals surface area contributed by atoms with Crippen molar-refractivity contribution >= 4 is 42.7 Å². The maximum Gasteiger partial charge on any atom is 0.229 e. The van der Waals surface area contributed by atoms with Crippen LogP contribution >= 0.6 is 15.9 Å². The molecule has 2 N–H and O–H groups in total. The van der Waals surface area contributed by atoms with Gasteiger partial charge in [0.15, 0.2) is 0 Å². The molecule has 1 aromatic carbocycles. The lowest BCUT2D eigenvalue weighted by atomic mass is 9.95. The number of aromatic nitrogens is 2. The number of rotatable bonds is 4. The zero-order chi connectivity index (χ0) is 16.0. The molecule has 0 aliphatic heterocycles. The lowest BCUT2D eigenvalue weighted by Gasteiger charge is -2.27. The number of methoxy groups -OCH3 is 1. The lowest BCUT2D eigenvalue weighted by Crippen LogP contribution is -2.24. The first-order chi connectivity index (χ1) is 9.55. The van der Waals surface area contributed by atoms with Gasteiger partial charge in [-0.2, -0.15) is 0 Å². The minimum absolute atomic E-state index is 0.429. The molecule has 1 heterocycles. The Morgan fingerprint density at radius 2 is 2.05 bits per heavy atom. The summed E-state index contributed by atoms with van der Waals surface area (Å²) in [6, 6.07) is 1.87. The van der Waals surface area contributed by atoms with Gasteiger partial charge >= 0.3 is 0 Å². The van der Waals surface area contributed by atoms with Gasteiger partial charge in [0.05, 0.1) is 23.1 Å². The number of nitrogens with one attached hydrogen (secondary N) is 2.